The summed E-state index contributed by atoms with van der Waals surface area (Å²) in [5.74, 6) is 0.775. The van der Waals surface area contributed by atoms with Crippen LogP contribution in [0.2, 0.25) is 0 Å². The molecule has 0 saturated carbocycles. The number of allylic oxidation sites excluding steroid dienone is 2. The Kier molecular flexibility index (Phi) is 8.91. The minimum absolute atomic E-state index is 0.105. The number of aromatic nitrogens is 8. The van der Waals surface area contributed by atoms with E-state index in [0.717, 1.165) is 60.5 Å². The molecule has 8 bridgehead atoms. The highest BCUT2D eigenvalue weighted by Crippen LogP contribution is 2.40. The quantitative estimate of drug-likeness (QED) is 0.0893. The van der Waals surface area contributed by atoms with Gasteiger partial charge in [-0.25, -0.2) is 34.7 Å². The number of hydrogen-bond donors (Lipinski definition) is 3. The van der Waals surface area contributed by atoms with Crippen LogP contribution in [0.15, 0.2) is 90.5 Å². The van der Waals surface area contributed by atoms with E-state index >= 15 is 0 Å². The average Bonchev–Trinajstić information content (AvgIpc) is 3.93. The molecule has 3 aromatic heterocycles. The lowest BCUT2D eigenvalue weighted by Crippen LogP contribution is -2.10. The fourth-order valence-corrected chi connectivity index (χ4v) is 7.73. The number of carboxylic acids is 1. The van der Waals surface area contributed by atoms with Gasteiger partial charge in [-0.2, -0.15) is 5.26 Å². The predicted octanol–water partition coefficient (Wildman–Crippen LogP) is 11.3. The molecule has 4 aromatic carbocycles. The molecule has 2 aliphatic heterocycles. The van der Waals surface area contributed by atoms with Crippen LogP contribution >= 0.6 is 0 Å². The van der Waals surface area contributed by atoms with Crippen molar-refractivity contribution in [2.45, 2.75) is 78.6 Å². The second-order valence-corrected chi connectivity index (χ2v) is 18.8. The van der Waals surface area contributed by atoms with Gasteiger partial charge in [0, 0.05) is 43.8 Å². The van der Waals surface area contributed by atoms with Gasteiger partial charge in [0.25, 0.3) is 0 Å². The number of nitrogens with zero attached hydrogens (tertiary/aromatic N) is 7. The van der Waals surface area contributed by atoms with Crippen LogP contribution < -0.4 is 0 Å². The summed E-state index contributed by atoms with van der Waals surface area (Å²) in [6.07, 6.45) is 4.57. The Bertz CT molecular complexity index is 3280. The molecule has 11 heteroatoms. The maximum atomic E-state index is 11.5. The summed E-state index contributed by atoms with van der Waals surface area (Å²) >= 11 is 0. The molecule has 5 heterocycles. The van der Waals surface area contributed by atoms with E-state index in [1.165, 1.54) is 11.6 Å². The molecule has 0 spiro atoms. The first-order valence-corrected chi connectivity index (χ1v) is 20.3. The molecule has 3 N–H and O–H groups in total. The second kappa shape index (κ2) is 13.9. The Morgan fingerprint density at radius 3 is 1.41 bits per heavy atom. The molecule has 0 radical (unpaired) electrons. The number of aromatic amines is 2. The van der Waals surface area contributed by atoms with Gasteiger partial charge < -0.3 is 15.1 Å². The van der Waals surface area contributed by atoms with Crippen molar-refractivity contribution in [3.8, 4) is 51.6 Å². The summed E-state index contributed by atoms with van der Waals surface area (Å²) in [4.78, 5) is 49.8. The molecule has 0 saturated heterocycles. The molecule has 0 fully saturated rings. The van der Waals surface area contributed by atoms with Gasteiger partial charge in [-0.3, -0.25) is 0 Å². The number of carboxylic acid groups (broad SMARTS) is 1. The monoisotopic (exact) mass is 803 g/mol. The molecular weight excluding hydrogens is 759 g/mol. The van der Waals surface area contributed by atoms with Crippen molar-refractivity contribution in [2.24, 2.45) is 0 Å². The maximum Gasteiger partial charge on any atom is 0.346 e. The van der Waals surface area contributed by atoms with Crippen molar-refractivity contribution in [3.63, 3.8) is 0 Å². The fourth-order valence-electron chi connectivity index (χ4n) is 7.73. The van der Waals surface area contributed by atoms with Crippen molar-refractivity contribution in [2.75, 3.05) is 0 Å². The molecular formula is C50H45N9O2. The minimum Gasteiger partial charge on any atom is -0.477 e. The van der Waals surface area contributed by atoms with Crippen LogP contribution in [0.25, 0.3) is 95.8 Å². The summed E-state index contributed by atoms with van der Waals surface area (Å²) < 4.78 is 0. The molecule has 61 heavy (non-hydrogen) atoms. The predicted molar refractivity (Wildman–Crippen MR) is 243 cm³/mol. The number of nitrogens with one attached hydrogen (secondary N) is 2. The van der Waals surface area contributed by atoms with E-state index < -0.39 is 5.97 Å². The molecule has 0 aliphatic carbocycles. The van der Waals surface area contributed by atoms with E-state index in [2.05, 4.69) is 127 Å². The van der Waals surface area contributed by atoms with E-state index in [1.807, 2.05) is 18.2 Å². The summed E-state index contributed by atoms with van der Waals surface area (Å²) in [6, 6.07) is 26.7. The van der Waals surface area contributed by atoms with Crippen molar-refractivity contribution >= 4 is 56.2 Å². The van der Waals surface area contributed by atoms with Crippen LogP contribution in [0.1, 0.15) is 84.6 Å². The normalized spacial score (nSPS) is 13.1. The number of fused-ring (bicyclic) bond motifs is 20. The lowest BCUT2D eigenvalue weighted by Gasteiger charge is -2.19. The summed E-state index contributed by atoms with van der Waals surface area (Å²) in [7, 11) is 0. The Morgan fingerprint density at radius 2 is 0.951 bits per heavy atom. The van der Waals surface area contributed by atoms with E-state index in [0.29, 0.717) is 45.9 Å². The van der Waals surface area contributed by atoms with Crippen molar-refractivity contribution in [3.05, 3.63) is 113 Å². The largest absolute Gasteiger partial charge is 0.477 e. The van der Waals surface area contributed by atoms with Crippen molar-refractivity contribution in [1.29, 1.82) is 5.26 Å². The number of H-pyrrole nitrogens is 2. The zero-order valence-electron chi connectivity index (χ0n) is 35.6. The summed E-state index contributed by atoms with van der Waals surface area (Å²) in [5, 5.41) is 22.0. The smallest absolute Gasteiger partial charge is 0.346 e. The van der Waals surface area contributed by atoms with Gasteiger partial charge in [0.2, 0.25) is 0 Å². The Morgan fingerprint density at radius 1 is 0.541 bits per heavy atom. The second-order valence-electron chi connectivity index (χ2n) is 18.8. The Labute approximate surface area is 353 Å². The third-order valence-corrected chi connectivity index (χ3v) is 11.4. The van der Waals surface area contributed by atoms with Gasteiger partial charge in [-0.1, -0.05) is 117 Å². The lowest BCUT2D eigenvalue weighted by molar-refractivity contribution is -0.132. The first-order valence-electron chi connectivity index (χ1n) is 20.3. The van der Waals surface area contributed by atoms with E-state index in [4.69, 9.17) is 29.9 Å². The van der Waals surface area contributed by atoms with Crippen molar-refractivity contribution in [1.82, 2.24) is 39.9 Å². The third kappa shape index (κ3) is 7.04. The van der Waals surface area contributed by atoms with E-state index in [9.17, 15) is 15.2 Å². The SMILES string of the molecule is CC(C)(C)c1ccc2c(c1)-c1nc-2nc2[nH]c(nc3nc(nc4[nH]c(n1)c1ccc(/C=C/C=C(/C#N)C(=O)O)cc41)-c1ccc(C(C)(C)C)cc1-3)c1ccc(C(C)(C)C)cc21. The van der Waals surface area contributed by atoms with Crippen LogP contribution in [0.4, 0.5) is 0 Å². The molecule has 0 atom stereocenters. The highest BCUT2D eigenvalue weighted by Gasteiger charge is 2.26. The minimum atomic E-state index is -1.29. The van der Waals surface area contributed by atoms with Gasteiger partial charge in [0.1, 0.15) is 34.2 Å². The number of hydrogen-bond acceptors (Lipinski definition) is 8. The number of rotatable bonds is 3. The number of nitriles is 1. The van der Waals surface area contributed by atoms with Crippen LogP contribution in [0.5, 0.6) is 0 Å². The van der Waals surface area contributed by atoms with Crippen LogP contribution in [0, 0.1) is 11.3 Å². The third-order valence-electron chi connectivity index (χ3n) is 11.4. The van der Waals surface area contributed by atoms with E-state index in [1.54, 1.807) is 18.2 Å². The summed E-state index contributed by atoms with van der Waals surface area (Å²) in [5.41, 5.74) is 9.29. The first kappa shape index (κ1) is 39.2. The molecule has 7 aromatic rings. The van der Waals surface area contributed by atoms with Gasteiger partial charge in [-0.05, 0) is 74.9 Å². The fraction of sp³-hybridized carbons (Fsp3) is 0.240. The Balaban J connectivity index is 1.42. The number of benzene rings is 4. The molecule has 0 amide bonds. The van der Waals surface area contributed by atoms with Crippen molar-refractivity contribution < 1.29 is 9.90 Å². The van der Waals surface area contributed by atoms with Gasteiger partial charge >= 0.3 is 5.97 Å². The molecule has 11 nitrogen and oxygen atoms in total. The maximum absolute atomic E-state index is 11.5. The zero-order valence-corrected chi connectivity index (χ0v) is 35.6. The van der Waals surface area contributed by atoms with Crippen LogP contribution in [-0.4, -0.2) is 50.9 Å². The van der Waals surface area contributed by atoms with E-state index in [-0.39, 0.29) is 21.8 Å². The number of carbonyl (C=O) groups is 1. The Hall–Kier alpha value is -7.32. The van der Waals surface area contributed by atoms with Crippen LogP contribution in [-0.2, 0) is 21.0 Å². The van der Waals surface area contributed by atoms with Gasteiger partial charge in [0.05, 0.1) is 0 Å². The molecule has 0 unspecified atom stereocenters. The molecule has 302 valence electrons. The first-order chi connectivity index (χ1) is 28.8. The molecule has 9 rings (SSSR count). The number of aliphatic carboxylic acids is 1. The van der Waals surface area contributed by atoms with Gasteiger partial charge in [-0.15, -0.1) is 0 Å². The topological polar surface area (TPSA) is 170 Å². The zero-order chi connectivity index (χ0) is 43.2. The highest BCUT2D eigenvalue weighted by atomic mass is 16.4. The average molecular weight is 804 g/mol. The molecule has 2 aliphatic rings. The van der Waals surface area contributed by atoms with Gasteiger partial charge in [0.15, 0.2) is 23.3 Å². The lowest BCUT2D eigenvalue weighted by atomic mass is 9.85. The highest BCUT2D eigenvalue weighted by molar-refractivity contribution is 6.07. The van der Waals surface area contributed by atoms with Crippen LogP contribution in [0.3, 0.4) is 0 Å². The summed E-state index contributed by atoms with van der Waals surface area (Å²) in [6.45, 7) is 19.7. The standard InChI is InChI=1S/C50H45N9O2/c1-48(2,3)28-14-18-32-36(22-28)45-55-40(32)53-43-35-21-26(11-10-12-27(25-51)47(60)61)13-17-31(35)39(52-43)54-44-37-23-29(49(4,5)6)15-19-33(37)41(56-44)58-46-38-24-30(50(7,8)9)16-20-34(38)42(57-45)59-46/h10-24H,1-9H3,(H,60,61)(H2,52,53,54,55,56,57,58,59)/b11-10+,27-12-.